The zero-order valence-corrected chi connectivity index (χ0v) is 14.5. The monoisotopic (exact) mass is 317 g/mol. The Morgan fingerprint density at radius 3 is 2.35 bits per heavy atom. The van der Waals surface area contributed by atoms with Crippen molar-refractivity contribution < 1.29 is 0 Å². The van der Waals surface area contributed by atoms with Crippen LogP contribution < -0.4 is 11.2 Å². The molecule has 0 aromatic carbocycles. The highest BCUT2D eigenvalue weighted by molar-refractivity contribution is 5.76. The quantitative estimate of drug-likeness (QED) is 0.739. The Balaban J connectivity index is 2.62. The van der Waals surface area contributed by atoms with Gasteiger partial charge in [-0.25, -0.2) is 4.79 Å². The van der Waals surface area contributed by atoms with Crippen molar-refractivity contribution in [3.8, 4) is 0 Å². The third kappa shape index (κ3) is 1.85. The number of aryl methyl sites for hydroxylation is 2. The van der Waals surface area contributed by atoms with Crippen LogP contribution in [0, 0.1) is 13.8 Å². The van der Waals surface area contributed by atoms with Crippen molar-refractivity contribution in [3.63, 3.8) is 0 Å². The molecule has 3 heterocycles. The minimum Gasteiger partial charge on any atom is -0.311 e. The number of hydrogen-bond donors (Lipinski definition) is 0. The van der Waals surface area contributed by atoms with Crippen molar-refractivity contribution in [2.75, 3.05) is 0 Å². The normalized spacial score (nSPS) is 13.3. The van der Waals surface area contributed by atoms with Crippen molar-refractivity contribution in [2.45, 2.75) is 53.6 Å². The van der Waals surface area contributed by atoms with Crippen molar-refractivity contribution >= 4 is 16.9 Å². The summed E-state index contributed by atoms with van der Waals surface area (Å²) in [6, 6.07) is 0.272. The Kier molecular flexibility index (Phi) is 3.46. The molecule has 7 nitrogen and oxygen atoms in total. The molecule has 3 aromatic rings. The molecule has 0 aliphatic carbocycles. The maximum atomic E-state index is 12.8. The largest absolute Gasteiger partial charge is 0.332 e. The van der Waals surface area contributed by atoms with E-state index in [9.17, 15) is 9.59 Å². The van der Waals surface area contributed by atoms with E-state index in [4.69, 9.17) is 0 Å². The first-order valence-electron chi connectivity index (χ1n) is 8.04. The topological polar surface area (TPSA) is 66.2 Å². The zero-order valence-electron chi connectivity index (χ0n) is 14.5. The number of aromatic nitrogens is 5. The molecule has 0 saturated heterocycles. The van der Waals surface area contributed by atoms with Gasteiger partial charge in [0.25, 0.3) is 5.56 Å². The van der Waals surface area contributed by atoms with Gasteiger partial charge in [-0.05, 0) is 34.1 Å². The van der Waals surface area contributed by atoms with Gasteiger partial charge in [-0.1, -0.05) is 6.92 Å². The standard InChI is InChI=1S/C16H23N5O2/c1-7-9(3)20-10(4)11(5)21-12-13(17-15(20)21)18(6)16(23)19(8-2)14(12)22/h9H,7-8H2,1-6H3/t9-/m1/s1. The lowest BCUT2D eigenvalue weighted by Crippen LogP contribution is -2.38. The Hall–Kier alpha value is -2.31. The van der Waals surface area contributed by atoms with Crippen LogP contribution in [0.1, 0.15) is 44.6 Å². The van der Waals surface area contributed by atoms with Crippen molar-refractivity contribution in [1.29, 1.82) is 0 Å². The predicted octanol–water partition coefficient (Wildman–Crippen LogP) is 1.76. The maximum Gasteiger partial charge on any atom is 0.332 e. The van der Waals surface area contributed by atoms with E-state index in [1.807, 2.05) is 18.2 Å². The van der Waals surface area contributed by atoms with E-state index in [0.717, 1.165) is 23.6 Å². The first-order valence-corrected chi connectivity index (χ1v) is 8.04. The summed E-state index contributed by atoms with van der Waals surface area (Å²) < 4.78 is 6.76. The first kappa shape index (κ1) is 15.6. The van der Waals surface area contributed by atoms with Gasteiger partial charge in [-0.2, -0.15) is 4.98 Å². The van der Waals surface area contributed by atoms with Gasteiger partial charge in [0.1, 0.15) is 0 Å². The van der Waals surface area contributed by atoms with Gasteiger partial charge in [-0.3, -0.25) is 18.3 Å². The van der Waals surface area contributed by atoms with Gasteiger partial charge < -0.3 is 4.57 Å². The lowest BCUT2D eigenvalue weighted by molar-refractivity contribution is 0.532. The fourth-order valence-corrected chi connectivity index (χ4v) is 3.26. The highest BCUT2D eigenvalue weighted by Gasteiger charge is 2.23. The van der Waals surface area contributed by atoms with Crippen LogP contribution in [0.5, 0.6) is 0 Å². The molecule has 7 heteroatoms. The summed E-state index contributed by atoms with van der Waals surface area (Å²) in [7, 11) is 1.67. The number of nitrogens with zero attached hydrogens (tertiary/aromatic N) is 5. The van der Waals surface area contributed by atoms with E-state index in [0.29, 0.717) is 17.7 Å². The summed E-state index contributed by atoms with van der Waals surface area (Å²) >= 11 is 0. The molecule has 0 N–H and O–H groups in total. The minimum absolute atomic E-state index is 0.272. The highest BCUT2D eigenvalue weighted by Crippen LogP contribution is 2.25. The lowest BCUT2D eigenvalue weighted by atomic mass is 10.2. The van der Waals surface area contributed by atoms with E-state index >= 15 is 0 Å². The molecule has 0 bridgehead atoms. The molecular weight excluding hydrogens is 294 g/mol. The van der Waals surface area contributed by atoms with Gasteiger partial charge in [0, 0.05) is 31.0 Å². The molecule has 23 heavy (non-hydrogen) atoms. The first-order chi connectivity index (χ1) is 10.8. The van der Waals surface area contributed by atoms with Crippen LogP contribution >= 0.6 is 0 Å². The molecule has 0 spiro atoms. The third-order valence-corrected chi connectivity index (χ3v) is 4.91. The van der Waals surface area contributed by atoms with Gasteiger partial charge in [0.15, 0.2) is 11.2 Å². The summed E-state index contributed by atoms with van der Waals surface area (Å²) in [5.74, 6) is 0.727. The SMILES string of the molecule is CC[C@@H](C)n1c(C)c(C)n2c3c(=O)n(CC)c(=O)n(C)c3nc12. The Labute approximate surface area is 133 Å². The van der Waals surface area contributed by atoms with Crippen LogP contribution in [0.4, 0.5) is 0 Å². The minimum atomic E-state index is -0.324. The summed E-state index contributed by atoms with van der Waals surface area (Å²) in [6.45, 7) is 10.4. The molecule has 0 amide bonds. The number of rotatable bonds is 3. The summed E-state index contributed by atoms with van der Waals surface area (Å²) in [6.07, 6.45) is 0.964. The van der Waals surface area contributed by atoms with Crippen LogP contribution in [0.15, 0.2) is 9.59 Å². The molecule has 0 unspecified atom stereocenters. The fraction of sp³-hybridized carbons (Fsp3) is 0.562. The zero-order chi connectivity index (χ0) is 17.0. The van der Waals surface area contributed by atoms with E-state index < -0.39 is 0 Å². The van der Waals surface area contributed by atoms with E-state index in [-0.39, 0.29) is 17.3 Å². The Morgan fingerprint density at radius 1 is 1.13 bits per heavy atom. The fourth-order valence-electron chi connectivity index (χ4n) is 3.26. The van der Waals surface area contributed by atoms with E-state index in [1.165, 1.54) is 9.13 Å². The van der Waals surface area contributed by atoms with Crippen molar-refractivity contribution in [2.24, 2.45) is 7.05 Å². The van der Waals surface area contributed by atoms with Crippen molar-refractivity contribution in [3.05, 3.63) is 32.2 Å². The second-order valence-corrected chi connectivity index (χ2v) is 6.11. The summed E-state index contributed by atoms with van der Waals surface area (Å²) in [5.41, 5.74) is 2.41. The van der Waals surface area contributed by atoms with Crippen LogP contribution in [0.3, 0.4) is 0 Å². The van der Waals surface area contributed by atoms with E-state index in [1.54, 1.807) is 14.0 Å². The average molecular weight is 317 g/mol. The number of fused-ring (bicyclic) bond motifs is 3. The van der Waals surface area contributed by atoms with Crippen molar-refractivity contribution in [1.82, 2.24) is 23.1 Å². The third-order valence-electron chi connectivity index (χ3n) is 4.91. The Morgan fingerprint density at radius 2 is 1.78 bits per heavy atom. The average Bonchev–Trinajstić information content (AvgIpc) is 3.02. The smallest absolute Gasteiger partial charge is 0.311 e. The van der Waals surface area contributed by atoms with Crippen LogP contribution in [-0.2, 0) is 13.6 Å². The molecule has 0 aliphatic rings. The molecule has 3 rings (SSSR count). The molecule has 0 aliphatic heterocycles. The molecular formula is C16H23N5O2. The van der Waals surface area contributed by atoms with Crippen LogP contribution in [0.25, 0.3) is 16.9 Å². The molecule has 3 aromatic heterocycles. The van der Waals surface area contributed by atoms with Gasteiger partial charge in [0.05, 0.1) is 0 Å². The molecule has 1 atom stereocenters. The Bertz CT molecular complexity index is 1030. The molecule has 0 fully saturated rings. The number of hydrogen-bond acceptors (Lipinski definition) is 3. The highest BCUT2D eigenvalue weighted by atomic mass is 16.2. The van der Waals surface area contributed by atoms with Gasteiger partial charge in [0.2, 0.25) is 5.78 Å². The molecule has 0 radical (unpaired) electrons. The van der Waals surface area contributed by atoms with Crippen LogP contribution in [0.2, 0.25) is 0 Å². The molecule has 124 valence electrons. The number of imidazole rings is 2. The lowest BCUT2D eigenvalue weighted by Gasteiger charge is -2.13. The predicted molar refractivity (Wildman–Crippen MR) is 90.3 cm³/mol. The summed E-state index contributed by atoms with van der Waals surface area (Å²) in [5, 5.41) is 0. The maximum absolute atomic E-state index is 12.8. The second-order valence-electron chi connectivity index (χ2n) is 6.11. The van der Waals surface area contributed by atoms with Gasteiger partial charge in [-0.15, -0.1) is 0 Å². The van der Waals surface area contributed by atoms with Gasteiger partial charge >= 0.3 is 5.69 Å². The van der Waals surface area contributed by atoms with Crippen LogP contribution in [-0.4, -0.2) is 23.1 Å². The second kappa shape index (κ2) is 5.11. The summed E-state index contributed by atoms with van der Waals surface area (Å²) in [4.78, 5) is 29.8. The van der Waals surface area contributed by atoms with E-state index in [2.05, 4.69) is 23.4 Å². The molecule has 0 saturated carbocycles.